The van der Waals surface area contributed by atoms with Gasteiger partial charge in [0.05, 0.1) is 11.2 Å². The first-order valence-corrected chi connectivity index (χ1v) is 8.09. The molecule has 24 heavy (non-hydrogen) atoms. The monoisotopic (exact) mass is 333 g/mol. The first-order valence-electron chi connectivity index (χ1n) is 8.09. The number of benzene rings is 1. The summed E-state index contributed by atoms with van der Waals surface area (Å²) in [5.74, 6) is -1.84. The summed E-state index contributed by atoms with van der Waals surface area (Å²) in [5, 5.41) is 15.5. The number of rotatable bonds is 7. The molecule has 128 valence electrons. The number of carbonyl (C=O) groups is 1. The van der Waals surface area contributed by atoms with Crippen molar-refractivity contribution in [2.24, 2.45) is 0 Å². The van der Waals surface area contributed by atoms with Gasteiger partial charge in [-0.1, -0.05) is 6.92 Å². The first-order chi connectivity index (χ1) is 11.5. The van der Waals surface area contributed by atoms with Crippen LogP contribution in [0.2, 0.25) is 0 Å². The molecule has 0 aliphatic heterocycles. The van der Waals surface area contributed by atoms with Crippen molar-refractivity contribution in [2.75, 3.05) is 25.0 Å². The summed E-state index contributed by atoms with van der Waals surface area (Å²) in [7, 11) is 0. The predicted molar refractivity (Wildman–Crippen MR) is 90.4 cm³/mol. The second-order valence-corrected chi connectivity index (χ2v) is 5.95. The fourth-order valence-electron chi connectivity index (χ4n) is 2.77. The Kier molecular flexibility index (Phi) is 4.53. The molecule has 0 spiro atoms. The summed E-state index contributed by atoms with van der Waals surface area (Å²) in [4.78, 5) is 23.6. The van der Waals surface area contributed by atoms with E-state index < -0.39 is 17.2 Å². The zero-order valence-corrected chi connectivity index (χ0v) is 13.4. The molecule has 0 amide bonds. The predicted octanol–water partition coefficient (Wildman–Crippen LogP) is 2.20. The molecular formula is C17H20FN3O3. The van der Waals surface area contributed by atoms with Crippen molar-refractivity contribution in [1.82, 2.24) is 9.88 Å². The van der Waals surface area contributed by atoms with Gasteiger partial charge in [0.25, 0.3) is 0 Å². The van der Waals surface area contributed by atoms with Crippen LogP contribution in [0.5, 0.6) is 0 Å². The molecule has 1 saturated carbocycles. The maximum atomic E-state index is 14.3. The Morgan fingerprint density at radius 3 is 2.75 bits per heavy atom. The normalized spacial score (nSPS) is 14.1. The Morgan fingerprint density at radius 1 is 1.38 bits per heavy atom. The highest BCUT2D eigenvalue weighted by molar-refractivity contribution is 5.93. The lowest BCUT2D eigenvalue weighted by molar-refractivity contribution is 0.0695. The Balaban J connectivity index is 2.07. The summed E-state index contributed by atoms with van der Waals surface area (Å²) in [5.41, 5.74) is -0.0775. The molecule has 6 nitrogen and oxygen atoms in total. The van der Waals surface area contributed by atoms with Gasteiger partial charge in [-0.15, -0.1) is 0 Å². The van der Waals surface area contributed by atoms with Crippen LogP contribution in [0.15, 0.2) is 23.1 Å². The minimum absolute atomic E-state index is 0.108. The van der Waals surface area contributed by atoms with E-state index in [-0.39, 0.29) is 17.0 Å². The van der Waals surface area contributed by atoms with E-state index in [4.69, 9.17) is 0 Å². The maximum Gasteiger partial charge on any atom is 0.341 e. The Morgan fingerprint density at radius 2 is 2.12 bits per heavy atom. The maximum absolute atomic E-state index is 14.3. The van der Waals surface area contributed by atoms with E-state index in [9.17, 15) is 19.1 Å². The fraction of sp³-hybridized carbons (Fsp3) is 0.412. The third-order valence-electron chi connectivity index (χ3n) is 4.16. The van der Waals surface area contributed by atoms with Gasteiger partial charge in [0, 0.05) is 30.7 Å². The highest BCUT2D eigenvalue weighted by Gasteiger charge is 2.27. The van der Waals surface area contributed by atoms with Crippen LogP contribution in [0, 0.1) is 5.82 Å². The van der Waals surface area contributed by atoms with Gasteiger partial charge in [0.2, 0.25) is 5.43 Å². The molecule has 0 saturated heterocycles. The van der Waals surface area contributed by atoms with Crippen LogP contribution in [0.4, 0.5) is 10.1 Å². The van der Waals surface area contributed by atoms with Crippen molar-refractivity contribution in [1.29, 1.82) is 0 Å². The molecule has 1 heterocycles. The van der Waals surface area contributed by atoms with Crippen molar-refractivity contribution >= 4 is 22.6 Å². The van der Waals surface area contributed by atoms with Gasteiger partial charge in [0.1, 0.15) is 11.4 Å². The van der Waals surface area contributed by atoms with Crippen molar-refractivity contribution in [3.8, 4) is 0 Å². The van der Waals surface area contributed by atoms with E-state index in [1.165, 1.54) is 6.20 Å². The number of nitrogens with one attached hydrogen (secondary N) is 2. The van der Waals surface area contributed by atoms with Crippen LogP contribution in [0.1, 0.15) is 36.2 Å². The molecule has 3 rings (SSSR count). The number of aromatic nitrogens is 1. The lowest BCUT2D eigenvalue weighted by Gasteiger charge is -2.14. The Labute approximate surface area is 138 Å². The van der Waals surface area contributed by atoms with Gasteiger partial charge in [-0.05, 0) is 31.5 Å². The summed E-state index contributed by atoms with van der Waals surface area (Å²) in [6.45, 7) is 4.07. The number of likely N-dealkylation sites (N-methyl/N-ethyl adjacent to an activating group) is 1. The molecule has 1 aliphatic carbocycles. The number of anilines is 1. The van der Waals surface area contributed by atoms with Crippen LogP contribution >= 0.6 is 0 Å². The van der Waals surface area contributed by atoms with Crippen LogP contribution in [-0.4, -0.2) is 35.3 Å². The Hall–Kier alpha value is -2.41. The molecule has 1 aliphatic rings. The number of nitrogens with zero attached hydrogens (tertiary/aromatic N) is 1. The number of halogens is 1. The zero-order chi connectivity index (χ0) is 17.3. The summed E-state index contributed by atoms with van der Waals surface area (Å²) in [6.07, 6.45) is 3.24. The SMILES string of the molecule is CCNCCNc1cc2c(cc1F)c(=O)c(C(=O)O)cn2C1CC1. The number of carboxylic acid groups (broad SMARTS) is 1. The van der Waals surface area contributed by atoms with E-state index >= 15 is 0 Å². The largest absolute Gasteiger partial charge is 0.477 e. The number of fused-ring (bicyclic) bond motifs is 1. The van der Waals surface area contributed by atoms with Crippen molar-refractivity contribution in [3.63, 3.8) is 0 Å². The number of hydrogen-bond acceptors (Lipinski definition) is 4. The number of pyridine rings is 1. The number of carboxylic acids is 1. The minimum Gasteiger partial charge on any atom is -0.477 e. The lowest BCUT2D eigenvalue weighted by atomic mass is 10.1. The Bertz CT molecular complexity index is 843. The number of hydrogen-bond donors (Lipinski definition) is 3. The molecule has 3 N–H and O–H groups in total. The standard InChI is InChI=1S/C17H20FN3O3/c1-2-19-5-6-20-14-8-15-11(7-13(14)18)16(22)12(17(23)24)9-21(15)10-3-4-10/h7-10,19-20H,2-6H2,1H3,(H,23,24). The third-order valence-corrected chi connectivity index (χ3v) is 4.16. The van der Waals surface area contributed by atoms with E-state index in [0.29, 0.717) is 24.3 Å². The molecule has 0 bridgehead atoms. The van der Waals surface area contributed by atoms with Crippen LogP contribution in [-0.2, 0) is 0 Å². The van der Waals surface area contributed by atoms with Gasteiger partial charge in [-0.3, -0.25) is 4.79 Å². The van der Waals surface area contributed by atoms with Gasteiger partial charge in [-0.25, -0.2) is 9.18 Å². The second-order valence-electron chi connectivity index (χ2n) is 5.95. The summed E-state index contributed by atoms with van der Waals surface area (Å²) < 4.78 is 16.1. The van der Waals surface area contributed by atoms with Crippen molar-refractivity contribution in [3.05, 3.63) is 39.9 Å². The average molecular weight is 333 g/mol. The smallest absolute Gasteiger partial charge is 0.341 e. The number of aromatic carboxylic acids is 1. The van der Waals surface area contributed by atoms with Crippen molar-refractivity contribution < 1.29 is 14.3 Å². The van der Waals surface area contributed by atoms with Crippen LogP contribution in [0.3, 0.4) is 0 Å². The van der Waals surface area contributed by atoms with E-state index in [1.54, 1.807) is 10.6 Å². The molecule has 2 aromatic rings. The lowest BCUT2D eigenvalue weighted by Crippen LogP contribution is -2.22. The molecule has 1 aromatic carbocycles. The highest BCUT2D eigenvalue weighted by Crippen LogP contribution is 2.37. The second kappa shape index (κ2) is 6.60. The minimum atomic E-state index is -1.29. The topological polar surface area (TPSA) is 83.4 Å². The molecule has 0 unspecified atom stereocenters. The molecule has 1 fully saturated rings. The van der Waals surface area contributed by atoms with Gasteiger partial charge < -0.3 is 20.3 Å². The molecule has 1 aromatic heterocycles. The molecular weight excluding hydrogens is 313 g/mol. The van der Waals surface area contributed by atoms with Crippen LogP contribution in [0.25, 0.3) is 10.9 Å². The van der Waals surface area contributed by atoms with Gasteiger partial charge in [0.15, 0.2) is 0 Å². The highest BCUT2D eigenvalue weighted by atomic mass is 19.1. The third kappa shape index (κ3) is 3.12. The quantitative estimate of drug-likeness (QED) is 0.677. The van der Waals surface area contributed by atoms with E-state index in [1.807, 2.05) is 6.92 Å². The molecule has 0 atom stereocenters. The summed E-state index contributed by atoms with van der Waals surface area (Å²) in [6, 6.07) is 2.91. The van der Waals surface area contributed by atoms with Gasteiger partial charge >= 0.3 is 5.97 Å². The van der Waals surface area contributed by atoms with E-state index in [0.717, 1.165) is 25.5 Å². The van der Waals surface area contributed by atoms with E-state index in [2.05, 4.69) is 10.6 Å². The van der Waals surface area contributed by atoms with Gasteiger partial charge in [-0.2, -0.15) is 0 Å². The average Bonchev–Trinajstić information content (AvgIpc) is 3.37. The molecule has 0 radical (unpaired) electrons. The molecule has 7 heteroatoms. The summed E-state index contributed by atoms with van der Waals surface area (Å²) >= 11 is 0. The van der Waals surface area contributed by atoms with Crippen LogP contribution < -0.4 is 16.1 Å². The fourth-order valence-corrected chi connectivity index (χ4v) is 2.77. The zero-order valence-electron chi connectivity index (χ0n) is 13.4. The first kappa shape index (κ1) is 16.4. The van der Waals surface area contributed by atoms with Crippen molar-refractivity contribution in [2.45, 2.75) is 25.8 Å².